The quantitative estimate of drug-likeness (QED) is 0.259. The Morgan fingerprint density at radius 2 is 1.56 bits per heavy atom. The van der Waals surface area contributed by atoms with Crippen LogP contribution in [0.4, 0.5) is 0 Å². The summed E-state index contributed by atoms with van der Waals surface area (Å²) < 4.78 is 12.0. The fourth-order valence-corrected chi connectivity index (χ4v) is 3.46. The molecule has 0 atom stereocenters. The molecule has 0 amide bonds. The van der Waals surface area contributed by atoms with Crippen LogP contribution >= 0.6 is 27.5 Å². The maximum atomic E-state index is 6.49. The minimum Gasteiger partial charge on any atom is -0.493 e. The minimum atomic E-state index is 0.629. The normalized spacial score (nSPS) is 11.0. The van der Waals surface area contributed by atoms with Crippen LogP contribution in [0, 0.1) is 0 Å². The van der Waals surface area contributed by atoms with Gasteiger partial charge in [0.1, 0.15) is 11.5 Å². The van der Waals surface area contributed by atoms with Crippen LogP contribution in [-0.2, 0) is 0 Å². The molecule has 0 saturated heterocycles. The molecule has 0 radical (unpaired) electrons. The molecule has 2 aromatic carbocycles. The van der Waals surface area contributed by atoms with Gasteiger partial charge in [-0.2, -0.15) is 0 Å². The molecule has 0 fully saturated rings. The van der Waals surface area contributed by atoms with E-state index in [0.717, 1.165) is 47.1 Å². The van der Waals surface area contributed by atoms with E-state index < -0.39 is 0 Å². The van der Waals surface area contributed by atoms with Crippen molar-refractivity contribution in [3.05, 3.63) is 35.4 Å². The summed E-state index contributed by atoms with van der Waals surface area (Å²) >= 11 is 9.96. The van der Waals surface area contributed by atoms with Crippen LogP contribution in [0.15, 0.2) is 30.3 Å². The molecule has 0 aliphatic heterocycles. The standard InChI is InChI=1S/C21H28BrClO2/c1-2-3-9-15-25-21-18-12-7-6-11-17(18)20(16-19(21)23)24-14-10-5-4-8-13-22/h6-7,11-12,16H,2-5,8-10,13-15H2,1H3. The van der Waals surface area contributed by atoms with Crippen molar-refractivity contribution in [3.8, 4) is 11.5 Å². The second kappa shape index (κ2) is 11.6. The summed E-state index contributed by atoms with van der Waals surface area (Å²) in [5, 5.41) is 3.80. The first-order valence-corrected chi connectivity index (χ1v) is 10.8. The zero-order valence-electron chi connectivity index (χ0n) is 15.0. The first-order chi connectivity index (χ1) is 12.3. The van der Waals surface area contributed by atoms with Crippen molar-refractivity contribution in [1.82, 2.24) is 0 Å². The fraction of sp³-hybridized carbons (Fsp3) is 0.524. The zero-order chi connectivity index (χ0) is 17.9. The van der Waals surface area contributed by atoms with Gasteiger partial charge in [-0.25, -0.2) is 0 Å². The van der Waals surface area contributed by atoms with E-state index in [4.69, 9.17) is 21.1 Å². The van der Waals surface area contributed by atoms with Crippen molar-refractivity contribution in [2.45, 2.75) is 51.9 Å². The Morgan fingerprint density at radius 3 is 2.32 bits per heavy atom. The lowest BCUT2D eigenvalue weighted by molar-refractivity contribution is 0.303. The number of rotatable bonds is 12. The van der Waals surface area contributed by atoms with Crippen molar-refractivity contribution >= 4 is 38.3 Å². The highest BCUT2D eigenvalue weighted by Crippen LogP contribution is 2.39. The number of alkyl halides is 1. The summed E-state index contributed by atoms with van der Waals surface area (Å²) in [4.78, 5) is 0. The molecule has 0 aliphatic carbocycles. The summed E-state index contributed by atoms with van der Waals surface area (Å²) in [6.45, 7) is 3.61. The Morgan fingerprint density at radius 1 is 0.880 bits per heavy atom. The van der Waals surface area contributed by atoms with Crippen LogP contribution in [0.3, 0.4) is 0 Å². The third kappa shape index (κ3) is 6.38. The van der Waals surface area contributed by atoms with E-state index in [0.29, 0.717) is 11.6 Å². The van der Waals surface area contributed by atoms with Crippen molar-refractivity contribution in [3.63, 3.8) is 0 Å². The van der Waals surface area contributed by atoms with Gasteiger partial charge in [0.05, 0.1) is 18.2 Å². The van der Waals surface area contributed by atoms with Gasteiger partial charge in [0.15, 0.2) is 0 Å². The predicted molar refractivity (Wildman–Crippen MR) is 112 cm³/mol. The fourth-order valence-electron chi connectivity index (χ4n) is 2.81. The Hall–Kier alpha value is -0.930. The van der Waals surface area contributed by atoms with Gasteiger partial charge < -0.3 is 9.47 Å². The van der Waals surface area contributed by atoms with Crippen LogP contribution in [0.5, 0.6) is 11.5 Å². The second-order valence-corrected chi connectivity index (χ2v) is 7.44. The molecule has 2 nitrogen and oxygen atoms in total. The van der Waals surface area contributed by atoms with Crippen LogP contribution in [0.1, 0.15) is 51.9 Å². The summed E-state index contributed by atoms with van der Waals surface area (Å²) in [5.74, 6) is 1.63. The van der Waals surface area contributed by atoms with Gasteiger partial charge in [0, 0.05) is 22.2 Å². The Bertz CT molecular complexity index is 645. The molecule has 0 saturated carbocycles. The minimum absolute atomic E-state index is 0.629. The lowest BCUT2D eigenvalue weighted by Gasteiger charge is -2.15. The summed E-state index contributed by atoms with van der Waals surface area (Å²) in [6, 6.07) is 10.1. The molecule has 0 aliphatic rings. The average Bonchev–Trinajstić information content (AvgIpc) is 2.63. The zero-order valence-corrected chi connectivity index (χ0v) is 17.4. The van der Waals surface area contributed by atoms with E-state index in [2.05, 4.69) is 35.0 Å². The predicted octanol–water partition coefficient (Wildman–Crippen LogP) is 7.40. The number of ether oxygens (including phenoxy) is 2. The van der Waals surface area contributed by atoms with Gasteiger partial charge >= 0.3 is 0 Å². The number of fused-ring (bicyclic) bond motifs is 1. The number of halogens is 2. The third-order valence-electron chi connectivity index (χ3n) is 4.19. The number of hydrogen-bond donors (Lipinski definition) is 0. The molecule has 0 heterocycles. The first kappa shape index (κ1) is 20.4. The average molecular weight is 428 g/mol. The highest BCUT2D eigenvalue weighted by Gasteiger charge is 2.13. The molecular weight excluding hydrogens is 400 g/mol. The molecule has 2 rings (SSSR count). The monoisotopic (exact) mass is 426 g/mol. The summed E-state index contributed by atoms with van der Waals surface area (Å²) in [7, 11) is 0. The maximum absolute atomic E-state index is 6.49. The number of unbranched alkanes of at least 4 members (excludes halogenated alkanes) is 5. The van der Waals surface area contributed by atoms with Gasteiger partial charge in [-0.1, -0.05) is 84.4 Å². The van der Waals surface area contributed by atoms with Crippen LogP contribution in [0.25, 0.3) is 10.8 Å². The molecule has 25 heavy (non-hydrogen) atoms. The SMILES string of the molecule is CCCCCOc1c(Cl)cc(OCCCCCCBr)c2ccccc12. The molecule has 2 aromatic rings. The Balaban J connectivity index is 2.06. The van der Waals surface area contributed by atoms with Crippen LogP contribution < -0.4 is 9.47 Å². The van der Waals surface area contributed by atoms with Gasteiger partial charge in [-0.3, -0.25) is 0 Å². The van der Waals surface area contributed by atoms with Crippen molar-refractivity contribution < 1.29 is 9.47 Å². The van der Waals surface area contributed by atoms with Gasteiger partial charge in [0.2, 0.25) is 0 Å². The highest BCUT2D eigenvalue weighted by molar-refractivity contribution is 9.09. The van der Waals surface area contributed by atoms with Gasteiger partial charge in [0.25, 0.3) is 0 Å². The van der Waals surface area contributed by atoms with Crippen LogP contribution in [-0.4, -0.2) is 18.5 Å². The molecule has 0 bridgehead atoms. The van der Waals surface area contributed by atoms with E-state index in [9.17, 15) is 0 Å². The summed E-state index contributed by atoms with van der Waals surface area (Å²) in [5.41, 5.74) is 0. The van der Waals surface area contributed by atoms with Crippen molar-refractivity contribution in [1.29, 1.82) is 0 Å². The van der Waals surface area contributed by atoms with E-state index in [-0.39, 0.29) is 0 Å². The maximum Gasteiger partial charge on any atom is 0.145 e. The lowest BCUT2D eigenvalue weighted by atomic mass is 10.1. The van der Waals surface area contributed by atoms with Crippen molar-refractivity contribution in [2.75, 3.05) is 18.5 Å². The highest BCUT2D eigenvalue weighted by atomic mass is 79.9. The molecule has 138 valence electrons. The molecule has 0 aromatic heterocycles. The largest absolute Gasteiger partial charge is 0.493 e. The van der Waals surface area contributed by atoms with E-state index >= 15 is 0 Å². The number of benzene rings is 2. The number of hydrogen-bond acceptors (Lipinski definition) is 2. The lowest BCUT2D eigenvalue weighted by Crippen LogP contribution is -2.01. The third-order valence-corrected chi connectivity index (χ3v) is 5.03. The van der Waals surface area contributed by atoms with E-state index in [1.54, 1.807) is 0 Å². The topological polar surface area (TPSA) is 18.5 Å². The van der Waals surface area contributed by atoms with Gasteiger partial charge in [-0.15, -0.1) is 0 Å². The van der Waals surface area contributed by atoms with E-state index in [1.807, 2.05) is 18.2 Å². The molecular formula is C21H28BrClO2. The van der Waals surface area contributed by atoms with Gasteiger partial charge in [-0.05, 0) is 19.3 Å². The van der Waals surface area contributed by atoms with Crippen molar-refractivity contribution in [2.24, 2.45) is 0 Å². The first-order valence-electron chi connectivity index (χ1n) is 9.30. The smallest absolute Gasteiger partial charge is 0.145 e. The Kier molecular flexibility index (Phi) is 9.49. The van der Waals surface area contributed by atoms with Crippen LogP contribution in [0.2, 0.25) is 5.02 Å². The summed E-state index contributed by atoms with van der Waals surface area (Å²) in [6.07, 6.45) is 8.11. The molecule has 4 heteroatoms. The van der Waals surface area contributed by atoms with E-state index in [1.165, 1.54) is 32.1 Å². The molecule has 0 spiro atoms. The molecule has 0 unspecified atom stereocenters. The molecule has 0 N–H and O–H groups in total. The second-order valence-electron chi connectivity index (χ2n) is 6.24. The Labute approximate surface area is 165 Å².